The second-order valence-corrected chi connectivity index (χ2v) is 8.53. The zero-order valence-corrected chi connectivity index (χ0v) is 20.0. The first-order valence-corrected chi connectivity index (χ1v) is 12.0. The number of aliphatic hydroxyl groups excluding tert-OH is 1. The second kappa shape index (κ2) is 11.9. The summed E-state index contributed by atoms with van der Waals surface area (Å²) in [6.07, 6.45) is 5.29. The summed E-state index contributed by atoms with van der Waals surface area (Å²) in [5, 5.41) is 21.2. The number of aromatic amines is 1. The average Bonchev–Trinajstić information content (AvgIpc) is 3.58. The van der Waals surface area contributed by atoms with Gasteiger partial charge >= 0.3 is 0 Å². The van der Waals surface area contributed by atoms with Crippen LogP contribution in [0.3, 0.4) is 0 Å². The van der Waals surface area contributed by atoms with E-state index in [1.807, 2.05) is 60.5 Å². The van der Waals surface area contributed by atoms with Gasteiger partial charge in [-0.05, 0) is 67.9 Å². The lowest BCUT2D eigenvalue weighted by atomic mass is 10.1. The van der Waals surface area contributed by atoms with Crippen LogP contribution in [-0.4, -0.2) is 71.4 Å². The number of benzene rings is 2. The maximum absolute atomic E-state index is 11.0. The van der Waals surface area contributed by atoms with E-state index in [9.17, 15) is 5.11 Å². The molecule has 1 atom stereocenters. The van der Waals surface area contributed by atoms with Crippen LogP contribution in [-0.2, 0) is 6.54 Å². The Labute approximate surface area is 201 Å². The van der Waals surface area contributed by atoms with Crippen molar-refractivity contribution in [3.63, 3.8) is 0 Å². The largest absolute Gasteiger partial charge is 0.497 e. The molecule has 0 bridgehead atoms. The number of nitrogens with zero attached hydrogens (tertiary/aromatic N) is 3. The van der Waals surface area contributed by atoms with Crippen molar-refractivity contribution in [2.24, 2.45) is 0 Å². The van der Waals surface area contributed by atoms with Crippen molar-refractivity contribution in [2.45, 2.75) is 32.7 Å². The molecule has 8 nitrogen and oxygen atoms in total. The van der Waals surface area contributed by atoms with Crippen molar-refractivity contribution in [1.82, 2.24) is 20.0 Å². The van der Waals surface area contributed by atoms with Gasteiger partial charge in [0.15, 0.2) is 6.35 Å². The fourth-order valence-electron chi connectivity index (χ4n) is 4.25. The molecule has 1 saturated heterocycles. The Balaban J connectivity index is 1.47. The van der Waals surface area contributed by atoms with Gasteiger partial charge in [0.2, 0.25) is 0 Å². The van der Waals surface area contributed by atoms with Crippen LogP contribution in [0.4, 0.5) is 5.69 Å². The molecular formula is C26H35N5O3. The molecular weight excluding hydrogens is 430 g/mol. The van der Waals surface area contributed by atoms with Crippen LogP contribution in [0.5, 0.6) is 11.5 Å². The van der Waals surface area contributed by atoms with Crippen LogP contribution < -0.4 is 14.8 Å². The summed E-state index contributed by atoms with van der Waals surface area (Å²) < 4.78 is 11.6. The van der Waals surface area contributed by atoms with Crippen LogP contribution in [0, 0.1) is 0 Å². The van der Waals surface area contributed by atoms with Crippen LogP contribution in [0.2, 0.25) is 0 Å². The Hall–Kier alpha value is -3.07. The van der Waals surface area contributed by atoms with Crippen molar-refractivity contribution < 1.29 is 14.6 Å². The minimum Gasteiger partial charge on any atom is -0.497 e. The van der Waals surface area contributed by atoms with Crippen molar-refractivity contribution in [3.8, 4) is 22.6 Å². The van der Waals surface area contributed by atoms with E-state index in [1.54, 1.807) is 13.3 Å². The fraction of sp³-hybridized carbons (Fsp3) is 0.423. The standard InChI is InChI=1S/C26H35N5O3/c1-3-31(19-20-7-6-8-23(15-20)33-2)26(32)29-24-10-9-21(22-17-27-28-18-22)16-25(24)34-14-13-30-11-4-5-12-30/h6-10,15-18,26,29,32H,3-5,11-14,19H2,1-2H3,(H,27,28). The van der Waals surface area contributed by atoms with Gasteiger partial charge in [-0.2, -0.15) is 5.10 Å². The summed E-state index contributed by atoms with van der Waals surface area (Å²) in [5.74, 6) is 1.52. The molecule has 8 heteroatoms. The van der Waals surface area contributed by atoms with E-state index in [4.69, 9.17) is 9.47 Å². The van der Waals surface area contributed by atoms with Crippen LogP contribution in [0.1, 0.15) is 25.3 Å². The van der Waals surface area contributed by atoms with Crippen molar-refractivity contribution in [1.29, 1.82) is 0 Å². The molecule has 0 saturated carbocycles. The van der Waals surface area contributed by atoms with E-state index in [-0.39, 0.29) is 0 Å². The molecule has 1 unspecified atom stereocenters. The lowest BCUT2D eigenvalue weighted by Gasteiger charge is -2.29. The van der Waals surface area contributed by atoms with Crippen molar-refractivity contribution in [2.75, 3.05) is 45.2 Å². The number of methoxy groups -OCH3 is 1. The first-order chi connectivity index (χ1) is 16.7. The molecule has 3 aromatic rings. The quantitative estimate of drug-likeness (QED) is 0.351. The molecule has 1 aliphatic heterocycles. The van der Waals surface area contributed by atoms with Gasteiger partial charge in [-0.15, -0.1) is 0 Å². The molecule has 0 radical (unpaired) electrons. The SMILES string of the molecule is CCN(Cc1cccc(OC)c1)C(O)Nc1ccc(-c2cn[nH]c2)cc1OCCN1CCCC1. The summed E-state index contributed by atoms with van der Waals surface area (Å²) in [6, 6.07) is 13.9. The fourth-order valence-corrected chi connectivity index (χ4v) is 4.25. The molecule has 1 aromatic heterocycles. The number of nitrogens with one attached hydrogen (secondary N) is 2. The van der Waals surface area contributed by atoms with Gasteiger partial charge in [0.05, 0.1) is 19.0 Å². The molecule has 2 heterocycles. The molecule has 2 aromatic carbocycles. The number of rotatable bonds is 12. The van der Waals surface area contributed by atoms with Crippen LogP contribution in [0.15, 0.2) is 54.9 Å². The highest BCUT2D eigenvalue weighted by atomic mass is 16.5. The number of anilines is 1. The molecule has 0 aliphatic carbocycles. The zero-order valence-electron chi connectivity index (χ0n) is 20.0. The highest BCUT2D eigenvalue weighted by molar-refractivity contribution is 5.70. The summed E-state index contributed by atoms with van der Waals surface area (Å²) in [6.45, 7) is 7.05. The van der Waals surface area contributed by atoms with Gasteiger partial charge in [-0.3, -0.25) is 14.9 Å². The van der Waals surface area contributed by atoms with E-state index >= 15 is 0 Å². The first kappa shape index (κ1) is 24.1. The van der Waals surface area contributed by atoms with E-state index in [2.05, 4.69) is 20.4 Å². The maximum Gasteiger partial charge on any atom is 0.184 e. The number of hydrogen-bond acceptors (Lipinski definition) is 7. The Morgan fingerprint density at radius 3 is 2.76 bits per heavy atom. The molecule has 1 aliphatic rings. The summed E-state index contributed by atoms with van der Waals surface area (Å²) in [5.41, 5.74) is 3.82. The third-order valence-electron chi connectivity index (χ3n) is 6.23. The highest BCUT2D eigenvalue weighted by Crippen LogP contribution is 2.31. The van der Waals surface area contributed by atoms with Crippen LogP contribution in [0.25, 0.3) is 11.1 Å². The Kier molecular flexibility index (Phi) is 8.41. The van der Waals surface area contributed by atoms with E-state index < -0.39 is 6.35 Å². The molecule has 0 spiro atoms. The number of H-pyrrole nitrogens is 1. The molecule has 34 heavy (non-hydrogen) atoms. The van der Waals surface area contributed by atoms with Gasteiger partial charge < -0.3 is 19.9 Å². The predicted octanol–water partition coefficient (Wildman–Crippen LogP) is 3.77. The minimum atomic E-state index is -0.878. The zero-order chi connectivity index (χ0) is 23.8. The number of ether oxygens (including phenoxy) is 2. The second-order valence-electron chi connectivity index (χ2n) is 8.53. The molecule has 182 valence electrons. The van der Waals surface area contributed by atoms with Gasteiger partial charge in [0.25, 0.3) is 0 Å². The highest BCUT2D eigenvalue weighted by Gasteiger charge is 2.18. The van der Waals surface area contributed by atoms with Gasteiger partial charge in [0, 0.05) is 24.8 Å². The Bertz CT molecular complexity index is 1020. The molecule has 4 rings (SSSR count). The lowest BCUT2D eigenvalue weighted by molar-refractivity contribution is 0.0238. The van der Waals surface area contributed by atoms with Crippen LogP contribution >= 0.6 is 0 Å². The Morgan fingerprint density at radius 1 is 1.18 bits per heavy atom. The third-order valence-corrected chi connectivity index (χ3v) is 6.23. The van der Waals surface area contributed by atoms with Gasteiger partial charge in [0.1, 0.15) is 18.1 Å². The number of aliphatic hydroxyl groups is 1. The number of hydrogen-bond donors (Lipinski definition) is 3. The topological polar surface area (TPSA) is 85.9 Å². The van der Waals surface area contributed by atoms with Crippen molar-refractivity contribution in [3.05, 3.63) is 60.4 Å². The van der Waals surface area contributed by atoms with E-state index in [0.29, 0.717) is 19.7 Å². The van der Waals surface area contributed by atoms with Gasteiger partial charge in [-0.1, -0.05) is 25.1 Å². The normalized spacial score (nSPS) is 14.9. The third kappa shape index (κ3) is 6.28. The number of likely N-dealkylation sites (tertiary alicyclic amines) is 1. The molecule has 3 N–H and O–H groups in total. The first-order valence-electron chi connectivity index (χ1n) is 12.0. The summed E-state index contributed by atoms with van der Waals surface area (Å²) in [7, 11) is 1.66. The summed E-state index contributed by atoms with van der Waals surface area (Å²) >= 11 is 0. The smallest absolute Gasteiger partial charge is 0.184 e. The molecule has 1 fully saturated rings. The van der Waals surface area contributed by atoms with E-state index in [1.165, 1.54) is 12.8 Å². The minimum absolute atomic E-state index is 0.583. The monoisotopic (exact) mass is 465 g/mol. The number of aromatic nitrogens is 2. The van der Waals surface area contributed by atoms with Crippen molar-refractivity contribution >= 4 is 5.69 Å². The lowest BCUT2D eigenvalue weighted by Crippen LogP contribution is -2.40. The Morgan fingerprint density at radius 2 is 2.03 bits per heavy atom. The van der Waals surface area contributed by atoms with E-state index in [0.717, 1.165) is 53.5 Å². The predicted molar refractivity (Wildman–Crippen MR) is 134 cm³/mol. The summed E-state index contributed by atoms with van der Waals surface area (Å²) in [4.78, 5) is 4.38. The maximum atomic E-state index is 11.0. The molecule has 0 amide bonds. The average molecular weight is 466 g/mol. The van der Waals surface area contributed by atoms with Gasteiger partial charge in [-0.25, -0.2) is 0 Å².